The molecular formula is C12H11ClFN3O2. The first-order valence-electron chi connectivity index (χ1n) is 5.55. The fourth-order valence-electron chi connectivity index (χ4n) is 1.56. The van der Waals surface area contributed by atoms with Gasteiger partial charge in [0.1, 0.15) is 10.8 Å². The predicted molar refractivity (Wildman–Crippen MR) is 71.2 cm³/mol. The molecule has 0 unspecified atom stereocenters. The first-order chi connectivity index (χ1) is 9.08. The van der Waals surface area contributed by atoms with Crippen molar-refractivity contribution in [2.45, 2.75) is 6.54 Å². The largest absolute Gasteiger partial charge is 0.381 e. The molecule has 2 aromatic rings. The molecule has 0 aliphatic heterocycles. The maximum atomic E-state index is 13.3. The summed E-state index contributed by atoms with van der Waals surface area (Å²) < 4.78 is 14.6. The smallest absolute Gasteiger partial charge is 0.328 e. The van der Waals surface area contributed by atoms with E-state index in [1.165, 1.54) is 16.8 Å². The lowest BCUT2D eigenvalue weighted by Crippen LogP contribution is -2.31. The Balaban J connectivity index is 2.04. The molecule has 0 radical (unpaired) electrons. The number of rotatable bonds is 4. The molecule has 0 fully saturated rings. The van der Waals surface area contributed by atoms with E-state index in [0.29, 0.717) is 12.2 Å². The van der Waals surface area contributed by atoms with Gasteiger partial charge < -0.3 is 5.32 Å². The zero-order valence-electron chi connectivity index (χ0n) is 9.82. The minimum absolute atomic E-state index is 0.0644. The summed E-state index contributed by atoms with van der Waals surface area (Å²) in [6, 6.07) is 6.23. The van der Waals surface area contributed by atoms with Crippen LogP contribution in [0.3, 0.4) is 0 Å². The van der Waals surface area contributed by atoms with Crippen molar-refractivity contribution >= 4 is 17.3 Å². The minimum atomic E-state index is -0.620. The molecule has 1 heterocycles. The second-order valence-electron chi connectivity index (χ2n) is 3.84. The number of hydrogen-bond acceptors (Lipinski definition) is 3. The molecular weight excluding hydrogens is 273 g/mol. The zero-order chi connectivity index (χ0) is 13.8. The Kier molecular flexibility index (Phi) is 4.01. The summed E-state index contributed by atoms with van der Waals surface area (Å²) in [4.78, 5) is 24.6. The highest BCUT2D eigenvalue weighted by atomic mass is 35.5. The number of nitrogens with one attached hydrogen (secondary N) is 2. The van der Waals surface area contributed by atoms with E-state index in [1.807, 2.05) is 0 Å². The number of H-pyrrole nitrogens is 1. The van der Waals surface area contributed by atoms with Crippen LogP contribution in [0.5, 0.6) is 0 Å². The van der Waals surface area contributed by atoms with E-state index in [2.05, 4.69) is 10.3 Å². The topological polar surface area (TPSA) is 66.9 Å². The number of benzene rings is 1. The van der Waals surface area contributed by atoms with Crippen LogP contribution in [0.15, 0.2) is 40.1 Å². The highest BCUT2D eigenvalue weighted by molar-refractivity contribution is 6.30. The van der Waals surface area contributed by atoms with Gasteiger partial charge in [-0.2, -0.15) is 0 Å². The van der Waals surface area contributed by atoms with Gasteiger partial charge in [0.05, 0.1) is 5.69 Å². The third-order valence-electron chi connectivity index (χ3n) is 2.51. The predicted octanol–water partition coefficient (Wildman–Crippen LogP) is 1.44. The van der Waals surface area contributed by atoms with Gasteiger partial charge in [-0.05, 0) is 12.1 Å². The number of hydrogen-bond donors (Lipinski definition) is 2. The van der Waals surface area contributed by atoms with Crippen LogP contribution in [0.2, 0.25) is 5.02 Å². The van der Waals surface area contributed by atoms with E-state index >= 15 is 0 Å². The summed E-state index contributed by atoms with van der Waals surface area (Å²) in [5.41, 5.74) is -0.819. The van der Waals surface area contributed by atoms with Crippen molar-refractivity contribution < 1.29 is 4.39 Å². The van der Waals surface area contributed by atoms with Crippen LogP contribution in [-0.4, -0.2) is 16.1 Å². The summed E-state index contributed by atoms with van der Waals surface area (Å²) in [6.45, 7) is 0.576. The summed E-state index contributed by atoms with van der Waals surface area (Å²) in [5.74, 6) is -0.366. The number of aromatic amines is 1. The molecule has 100 valence electrons. The van der Waals surface area contributed by atoms with Crippen molar-refractivity contribution in [3.05, 3.63) is 62.1 Å². The van der Waals surface area contributed by atoms with Crippen LogP contribution in [0.25, 0.3) is 0 Å². The molecule has 0 aliphatic carbocycles. The van der Waals surface area contributed by atoms with Gasteiger partial charge in [0.25, 0.3) is 5.56 Å². The van der Waals surface area contributed by atoms with Gasteiger partial charge in [0.15, 0.2) is 0 Å². The maximum Gasteiger partial charge on any atom is 0.328 e. The Bertz CT molecular complexity index is 696. The molecule has 0 amide bonds. The summed E-state index contributed by atoms with van der Waals surface area (Å²) >= 11 is 5.62. The Morgan fingerprint density at radius 1 is 1.32 bits per heavy atom. The van der Waals surface area contributed by atoms with Crippen molar-refractivity contribution in [2.24, 2.45) is 0 Å². The SMILES string of the molecule is O=c1[nH]c(=O)n(CCNc2ccccc2F)cc1Cl. The number of halogens is 2. The minimum Gasteiger partial charge on any atom is -0.381 e. The van der Waals surface area contributed by atoms with Crippen LogP contribution >= 0.6 is 11.6 Å². The van der Waals surface area contributed by atoms with Gasteiger partial charge in [0.2, 0.25) is 0 Å². The van der Waals surface area contributed by atoms with E-state index in [-0.39, 0.29) is 17.4 Å². The van der Waals surface area contributed by atoms with Gasteiger partial charge in [-0.3, -0.25) is 14.3 Å². The van der Waals surface area contributed by atoms with Crippen molar-refractivity contribution in [3.8, 4) is 0 Å². The summed E-state index contributed by atoms with van der Waals surface area (Å²) in [6.07, 6.45) is 1.26. The molecule has 0 atom stereocenters. The molecule has 0 aliphatic rings. The van der Waals surface area contributed by atoms with Crippen molar-refractivity contribution in [1.29, 1.82) is 0 Å². The molecule has 0 saturated heterocycles. The van der Waals surface area contributed by atoms with Gasteiger partial charge in [-0.1, -0.05) is 23.7 Å². The molecule has 2 N–H and O–H groups in total. The third kappa shape index (κ3) is 3.23. The average Bonchev–Trinajstić information content (AvgIpc) is 2.38. The first kappa shape index (κ1) is 13.4. The van der Waals surface area contributed by atoms with E-state index < -0.39 is 11.2 Å². The lowest BCUT2D eigenvalue weighted by molar-refractivity contribution is 0.625. The Morgan fingerprint density at radius 3 is 2.79 bits per heavy atom. The van der Waals surface area contributed by atoms with E-state index in [1.54, 1.807) is 18.2 Å². The second-order valence-corrected chi connectivity index (χ2v) is 4.24. The van der Waals surface area contributed by atoms with E-state index in [9.17, 15) is 14.0 Å². The van der Waals surface area contributed by atoms with E-state index in [4.69, 9.17) is 11.6 Å². The van der Waals surface area contributed by atoms with Crippen LogP contribution < -0.4 is 16.6 Å². The molecule has 5 nitrogen and oxygen atoms in total. The standard InChI is InChI=1S/C12H11ClFN3O2/c13-8-7-17(12(19)16-11(8)18)6-5-15-10-4-2-1-3-9(10)14/h1-4,7,15H,5-6H2,(H,16,18,19). The quantitative estimate of drug-likeness (QED) is 0.892. The Morgan fingerprint density at radius 2 is 2.05 bits per heavy atom. The van der Waals surface area contributed by atoms with Crippen LogP contribution in [0.4, 0.5) is 10.1 Å². The molecule has 19 heavy (non-hydrogen) atoms. The van der Waals surface area contributed by atoms with Gasteiger partial charge in [-0.25, -0.2) is 9.18 Å². The molecule has 2 rings (SSSR count). The van der Waals surface area contributed by atoms with Crippen molar-refractivity contribution in [3.63, 3.8) is 0 Å². The molecule has 1 aromatic carbocycles. The number of anilines is 1. The monoisotopic (exact) mass is 283 g/mol. The lowest BCUT2D eigenvalue weighted by atomic mass is 10.3. The number of para-hydroxylation sites is 1. The maximum absolute atomic E-state index is 13.3. The molecule has 0 spiro atoms. The van der Waals surface area contributed by atoms with Gasteiger partial charge >= 0.3 is 5.69 Å². The fourth-order valence-corrected chi connectivity index (χ4v) is 1.73. The van der Waals surface area contributed by atoms with Crippen LogP contribution in [0.1, 0.15) is 0 Å². The molecule has 0 bridgehead atoms. The first-order valence-corrected chi connectivity index (χ1v) is 5.93. The van der Waals surface area contributed by atoms with Crippen LogP contribution in [0, 0.1) is 5.82 Å². The molecule has 1 aromatic heterocycles. The van der Waals surface area contributed by atoms with Gasteiger partial charge in [-0.15, -0.1) is 0 Å². The Hall–Kier alpha value is -2.08. The average molecular weight is 284 g/mol. The molecule has 0 saturated carbocycles. The van der Waals surface area contributed by atoms with Gasteiger partial charge in [0, 0.05) is 19.3 Å². The summed E-state index contributed by atoms with van der Waals surface area (Å²) in [7, 11) is 0. The lowest BCUT2D eigenvalue weighted by Gasteiger charge is -2.08. The highest BCUT2D eigenvalue weighted by Crippen LogP contribution is 2.11. The molecule has 7 heteroatoms. The van der Waals surface area contributed by atoms with Crippen molar-refractivity contribution in [2.75, 3.05) is 11.9 Å². The normalized spacial score (nSPS) is 10.4. The Labute approximate surface area is 112 Å². The third-order valence-corrected chi connectivity index (χ3v) is 2.78. The number of nitrogens with zero attached hydrogens (tertiary/aromatic N) is 1. The second kappa shape index (κ2) is 5.71. The zero-order valence-corrected chi connectivity index (χ0v) is 10.6. The number of aromatic nitrogens is 2. The van der Waals surface area contributed by atoms with Crippen LogP contribution in [-0.2, 0) is 6.54 Å². The van der Waals surface area contributed by atoms with E-state index in [0.717, 1.165) is 0 Å². The fraction of sp³-hybridized carbons (Fsp3) is 0.167. The summed E-state index contributed by atoms with van der Waals surface area (Å²) in [5, 5.41) is 2.79. The highest BCUT2D eigenvalue weighted by Gasteiger charge is 2.03. The van der Waals surface area contributed by atoms with Crippen molar-refractivity contribution in [1.82, 2.24) is 9.55 Å².